The molecule has 2 aromatic carbocycles. The number of carbonyl (C=O) groups excluding carboxylic acids is 2. The van der Waals surface area contributed by atoms with E-state index < -0.39 is 0 Å². The minimum atomic E-state index is -0.254. The van der Waals surface area contributed by atoms with Gasteiger partial charge in [0, 0.05) is 17.3 Å². The Morgan fingerprint density at radius 3 is 2.12 bits per heavy atom. The first-order valence-electron chi connectivity index (χ1n) is 8.34. The Balaban J connectivity index is 2.10. The molecule has 0 fully saturated rings. The number of nitrogens with one attached hydrogen (secondary N) is 2. The van der Waals surface area contributed by atoms with E-state index in [-0.39, 0.29) is 24.0 Å². The summed E-state index contributed by atoms with van der Waals surface area (Å²) in [7, 11) is 0. The third kappa shape index (κ3) is 5.35. The average molecular weight is 340 g/mol. The molecule has 5 nitrogen and oxygen atoms in total. The minimum absolute atomic E-state index is 0.0206. The number of anilines is 1. The second-order valence-electron chi connectivity index (χ2n) is 6.32. The van der Waals surface area contributed by atoms with Crippen molar-refractivity contribution in [2.24, 2.45) is 0 Å². The van der Waals surface area contributed by atoms with Crippen LogP contribution >= 0.6 is 0 Å². The summed E-state index contributed by atoms with van der Waals surface area (Å²) in [6.07, 6.45) is -0.0206. The SMILES string of the molecule is CC(C)NC(=O)c1ccc(NC(=O)c2ccccc2OC(C)C)cc1. The zero-order chi connectivity index (χ0) is 18.4. The van der Waals surface area contributed by atoms with Crippen molar-refractivity contribution < 1.29 is 14.3 Å². The molecule has 0 atom stereocenters. The van der Waals surface area contributed by atoms with Gasteiger partial charge in [0.25, 0.3) is 11.8 Å². The van der Waals surface area contributed by atoms with Gasteiger partial charge in [-0.1, -0.05) is 12.1 Å². The third-order valence-electron chi connectivity index (χ3n) is 3.32. The molecule has 0 saturated carbocycles. The number of rotatable bonds is 6. The van der Waals surface area contributed by atoms with Crippen LogP contribution in [0.15, 0.2) is 48.5 Å². The summed E-state index contributed by atoms with van der Waals surface area (Å²) in [6.45, 7) is 7.64. The zero-order valence-electron chi connectivity index (χ0n) is 15.0. The molecular formula is C20H24N2O3. The molecule has 2 N–H and O–H groups in total. The predicted octanol–water partition coefficient (Wildman–Crippen LogP) is 3.86. The normalized spacial score (nSPS) is 10.6. The van der Waals surface area contributed by atoms with Gasteiger partial charge in [-0.15, -0.1) is 0 Å². The van der Waals surface area contributed by atoms with Crippen molar-refractivity contribution >= 4 is 17.5 Å². The fraction of sp³-hybridized carbons (Fsp3) is 0.300. The van der Waals surface area contributed by atoms with E-state index in [4.69, 9.17) is 4.74 Å². The van der Waals surface area contributed by atoms with Crippen molar-refractivity contribution in [1.29, 1.82) is 0 Å². The van der Waals surface area contributed by atoms with Crippen molar-refractivity contribution in [1.82, 2.24) is 5.32 Å². The Labute approximate surface area is 148 Å². The van der Waals surface area contributed by atoms with Crippen molar-refractivity contribution in [3.63, 3.8) is 0 Å². The summed E-state index contributed by atoms with van der Waals surface area (Å²) in [6, 6.07) is 14.0. The highest BCUT2D eigenvalue weighted by molar-refractivity contribution is 6.06. The van der Waals surface area contributed by atoms with Crippen LogP contribution < -0.4 is 15.4 Å². The second-order valence-corrected chi connectivity index (χ2v) is 6.32. The summed E-state index contributed by atoms with van der Waals surface area (Å²) in [5.41, 5.74) is 1.64. The topological polar surface area (TPSA) is 67.4 Å². The molecule has 25 heavy (non-hydrogen) atoms. The number of ether oxygens (including phenoxy) is 1. The Kier molecular flexibility index (Phi) is 6.17. The molecule has 0 aliphatic rings. The van der Waals surface area contributed by atoms with Gasteiger partial charge in [0.1, 0.15) is 5.75 Å². The minimum Gasteiger partial charge on any atom is -0.490 e. The molecule has 0 aliphatic carbocycles. The lowest BCUT2D eigenvalue weighted by atomic mass is 10.1. The summed E-state index contributed by atoms with van der Waals surface area (Å²) >= 11 is 0. The molecule has 0 aromatic heterocycles. The Morgan fingerprint density at radius 2 is 1.52 bits per heavy atom. The van der Waals surface area contributed by atoms with E-state index in [1.54, 1.807) is 42.5 Å². The van der Waals surface area contributed by atoms with Gasteiger partial charge in [-0.2, -0.15) is 0 Å². The van der Waals surface area contributed by atoms with Crippen molar-refractivity contribution in [3.8, 4) is 5.75 Å². The average Bonchev–Trinajstić information content (AvgIpc) is 2.54. The van der Waals surface area contributed by atoms with Crippen molar-refractivity contribution in [3.05, 3.63) is 59.7 Å². The number of hydrogen-bond acceptors (Lipinski definition) is 3. The van der Waals surface area contributed by atoms with Crippen LogP contribution in [0.3, 0.4) is 0 Å². The first-order chi connectivity index (χ1) is 11.9. The molecule has 0 spiro atoms. The lowest BCUT2D eigenvalue weighted by Gasteiger charge is -2.14. The summed E-state index contributed by atoms with van der Waals surface area (Å²) in [5.74, 6) is 0.155. The van der Waals surface area contributed by atoms with Gasteiger partial charge in [0.15, 0.2) is 0 Å². The number of benzene rings is 2. The van der Waals surface area contributed by atoms with Crippen LogP contribution in [0.25, 0.3) is 0 Å². The van der Waals surface area contributed by atoms with Crippen LogP contribution in [0.4, 0.5) is 5.69 Å². The second kappa shape index (κ2) is 8.33. The maximum Gasteiger partial charge on any atom is 0.259 e. The summed E-state index contributed by atoms with van der Waals surface area (Å²) < 4.78 is 5.68. The van der Waals surface area contributed by atoms with Crippen LogP contribution in [0.1, 0.15) is 48.4 Å². The van der Waals surface area contributed by atoms with Gasteiger partial charge in [0.05, 0.1) is 11.7 Å². The highest BCUT2D eigenvalue weighted by atomic mass is 16.5. The number of para-hydroxylation sites is 1. The highest BCUT2D eigenvalue weighted by Gasteiger charge is 2.14. The molecule has 0 bridgehead atoms. The van der Waals surface area contributed by atoms with E-state index in [1.165, 1.54) is 0 Å². The lowest BCUT2D eigenvalue weighted by Crippen LogP contribution is -2.30. The maximum absolute atomic E-state index is 12.5. The van der Waals surface area contributed by atoms with E-state index in [2.05, 4.69) is 10.6 Å². The van der Waals surface area contributed by atoms with Gasteiger partial charge in [-0.25, -0.2) is 0 Å². The van der Waals surface area contributed by atoms with E-state index in [0.29, 0.717) is 22.6 Å². The van der Waals surface area contributed by atoms with Crippen LogP contribution in [-0.2, 0) is 0 Å². The van der Waals surface area contributed by atoms with Gasteiger partial charge in [0.2, 0.25) is 0 Å². The van der Waals surface area contributed by atoms with Crippen molar-refractivity contribution in [2.75, 3.05) is 5.32 Å². The Morgan fingerprint density at radius 1 is 0.880 bits per heavy atom. The monoisotopic (exact) mass is 340 g/mol. The van der Waals surface area contributed by atoms with Crippen molar-refractivity contribution in [2.45, 2.75) is 39.8 Å². The standard InChI is InChI=1S/C20H24N2O3/c1-13(2)21-19(23)15-9-11-16(12-10-15)22-20(24)17-7-5-6-8-18(17)25-14(3)4/h5-14H,1-4H3,(H,21,23)(H,22,24). The molecular weight excluding hydrogens is 316 g/mol. The first-order valence-corrected chi connectivity index (χ1v) is 8.34. The predicted molar refractivity (Wildman–Crippen MR) is 99.2 cm³/mol. The molecule has 0 radical (unpaired) electrons. The number of amides is 2. The molecule has 0 unspecified atom stereocenters. The lowest BCUT2D eigenvalue weighted by molar-refractivity contribution is 0.0942. The molecule has 0 heterocycles. The maximum atomic E-state index is 12.5. The molecule has 2 rings (SSSR count). The van der Waals surface area contributed by atoms with Crippen LogP contribution in [0.2, 0.25) is 0 Å². The van der Waals surface area contributed by atoms with E-state index in [1.807, 2.05) is 33.8 Å². The third-order valence-corrected chi connectivity index (χ3v) is 3.32. The summed E-state index contributed by atoms with van der Waals surface area (Å²) in [4.78, 5) is 24.5. The molecule has 2 aromatic rings. The largest absolute Gasteiger partial charge is 0.490 e. The molecule has 0 aliphatic heterocycles. The van der Waals surface area contributed by atoms with Crippen LogP contribution in [0.5, 0.6) is 5.75 Å². The molecule has 5 heteroatoms. The molecule has 132 valence electrons. The fourth-order valence-corrected chi connectivity index (χ4v) is 2.26. The van der Waals surface area contributed by atoms with Gasteiger partial charge >= 0.3 is 0 Å². The Hall–Kier alpha value is -2.82. The quantitative estimate of drug-likeness (QED) is 0.839. The van der Waals surface area contributed by atoms with Gasteiger partial charge in [-0.3, -0.25) is 9.59 Å². The number of hydrogen-bond donors (Lipinski definition) is 2. The number of carbonyl (C=O) groups is 2. The molecule has 0 saturated heterocycles. The van der Waals surface area contributed by atoms with E-state index in [9.17, 15) is 9.59 Å². The zero-order valence-corrected chi connectivity index (χ0v) is 15.0. The summed E-state index contributed by atoms with van der Waals surface area (Å²) in [5, 5.41) is 5.66. The van der Waals surface area contributed by atoms with E-state index in [0.717, 1.165) is 0 Å². The molecule has 2 amide bonds. The van der Waals surface area contributed by atoms with Gasteiger partial charge < -0.3 is 15.4 Å². The van der Waals surface area contributed by atoms with Gasteiger partial charge in [-0.05, 0) is 64.1 Å². The Bertz CT molecular complexity index is 737. The van der Waals surface area contributed by atoms with E-state index >= 15 is 0 Å². The van der Waals surface area contributed by atoms with Crippen LogP contribution in [0, 0.1) is 0 Å². The van der Waals surface area contributed by atoms with Crippen LogP contribution in [-0.4, -0.2) is 24.0 Å². The highest BCUT2D eigenvalue weighted by Crippen LogP contribution is 2.21. The smallest absolute Gasteiger partial charge is 0.259 e. The first kappa shape index (κ1) is 18.5. The fourth-order valence-electron chi connectivity index (χ4n) is 2.26.